The molecular formula is C14H22BrNO2. The zero-order valence-electron chi connectivity index (χ0n) is 11.5. The number of halogens is 1. The third kappa shape index (κ3) is 4.96. The number of ether oxygens (including phenoxy) is 1. The lowest BCUT2D eigenvalue weighted by Gasteiger charge is -2.17. The Morgan fingerprint density at radius 3 is 2.33 bits per heavy atom. The smallest absolute Gasteiger partial charge is 0.0945 e. The standard InChI is InChI=1S/C14H22BrNO2/c1-9(2)18-8-13(17)7-16-14-10(3)5-12(15)6-11(14)4/h5-6,9,13,16-17H,7-8H2,1-4H3. The maximum Gasteiger partial charge on any atom is 0.0945 e. The van der Waals surface area contributed by atoms with Crippen molar-refractivity contribution in [3.05, 3.63) is 27.7 Å². The van der Waals surface area contributed by atoms with E-state index >= 15 is 0 Å². The predicted octanol–water partition coefficient (Wildman–Crippen LogP) is 3.26. The van der Waals surface area contributed by atoms with Crippen LogP contribution in [0.25, 0.3) is 0 Å². The van der Waals surface area contributed by atoms with E-state index in [-0.39, 0.29) is 6.10 Å². The molecule has 0 aliphatic rings. The molecule has 1 unspecified atom stereocenters. The second kappa shape index (κ2) is 7.12. The third-order valence-corrected chi connectivity index (χ3v) is 3.09. The molecule has 1 atom stereocenters. The summed E-state index contributed by atoms with van der Waals surface area (Å²) in [6.07, 6.45) is -0.342. The van der Waals surface area contributed by atoms with Crippen molar-refractivity contribution in [2.24, 2.45) is 0 Å². The molecule has 0 heterocycles. The van der Waals surface area contributed by atoms with Crippen molar-refractivity contribution >= 4 is 21.6 Å². The van der Waals surface area contributed by atoms with E-state index in [2.05, 4.69) is 47.2 Å². The van der Waals surface area contributed by atoms with Crippen LogP contribution in [0.1, 0.15) is 25.0 Å². The van der Waals surface area contributed by atoms with Gasteiger partial charge in [0.05, 0.1) is 18.8 Å². The van der Waals surface area contributed by atoms with Gasteiger partial charge in [-0.2, -0.15) is 0 Å². The average Bonchev–Trinajstić information content (AvgIpc) is 2.24. The summed E-state index contributed by atoms with van der Waals surface area (Å²) in [5, 5.41) is 13.1. The monoisotopic (exact) mass is 315 g/mol. The molecule has 2 N–H and O–H groups in total. The summed E-state index contributed by atoms with van der Waals surface area (Å²) in [5.41, 5.74) is 3.42. The van der Waals surface area contributed by atoms with Gasteiger partial charge in [-0.25, -0.2) is 0 Å². The molecular weight excluding hydrogens is 294 g/mol. The van der Waals surface area contributed by atoms with Gasteiger partial charge in [0.25, 0.3) is 0 Å². The van der Waals surface area contributed by atoms with Gasteiger partial charge >= 0.3 is 0 Å². The number of hydrogen-bond donors (Lipinski definition) is 2. The maximum atomic E-state index is 9.80. The Labute approximate surface area is 118 Å². The number of rotatable bonds is 6. The average molecular weight is 316 g/mol. The lowest BCUT2D eigenvalue weighted by molar-refractivity contribution is 0.0112. The molecule has 1 aromatic carbocycles. The molecule has 0 saturated carbocycles. The zero-order valence-corrected chi connectivity index (χ0v) is 13.0. The van der Waals surface area contributed by atoms with Crippen molar-refractivity contribution in [2.75, 3.05) is 18.5 Å². The summed E-state index contributed by atoms with van der Waals surface area (Å²) >= 11 is 3.47. The summed E-state index contributed by atoms with van der Waals surface area (Å²) < 4.78 is 6.45. The van der Waals surface area contributed by atoms with Crippen molar-refractivity contribution in [3.63, 3.8) is 0 Å². The van der Waals surface area contributed by atoms with Crippen LogP contribution >= 0.6 is 15.9 Å². The van der Waals surface area contributed by atoms with Crippen LogP contribution < -0.4 is 5.32 Å². The number of aryl methyl sites for hydroxylation is 2. The maximum absolute atomic E-state index is 9.80. The van der Waals surface area contributed by atoms with E-state index in [9.17, 15) is 5.11 Å². The van der Waals surface area contributed by atoms with Gasteiger partial charge in [0, 0.05) is 16.7 Å². The van der Waals surface area contributed by atoms with Crippen LogP contribution in [0.4, 0.5) is 5.69 Å². The van der Waals surface area contributed by atoms with Crippen LogP contribution in [-0.2, 0) is 4.74 Å². The van der Waals surface area contributed by atoms with Crippen LogP contribution in [0.2, 0.25) is 0 Å². The summed E-state index contributed by atoms with van der Waals surface area (Å²) in [4.78, 5) is 0. The normalized spacial score (nSPS) is 12.8. The Bertz CT molecular complexity index is 370. The van der Waals surface area contributed by atoms with Gasteiger partial charge in [-0.3, -0.25) is 0 Å². The van der Waals surface area contributed by atoms with Crippen molar-refractivity contribution in [1.82, 2.24) is 0 Å². The van der Waals surface area contributed by atoms with E-state index in [1.165, 1.54) is 11.1 Å². The lowest BCUT2D eigenvalue weighted by atomic mass is 10.1. The first-order valence-electron chi connectivity index (χ1n) is 6.20. The van der Waals surface area contributed by atoms with Crippen LogP contribution in [-0.4, -0.2) is 30.5 Å². The van der Waals surface area contributed by atoms with Gasteiger partial charge < -0.3 is 15.2 Å². The highest BCUT2D eigenvalue weighted by molar-refractivity contribution is 9.10. The number of hydrogen-bond acceptors (Lipinski definition) is 3. The second-order valence-electron chi connectivity index (χ2n) is 4.83. The van der Waals surface area contributed by atoms with E-state index < -0.39 is 6.10 Å². The molecule has 0 spiro atoms. The summed E-state index contributed by atoms with van der Waals surface area (Å²) in [7, 11) is 0. The van der Waals surface area contributed by atoms with Gasteiger partial charge in [-0.15, -0.1) is 0 Å². The predicted molar refractivity (Wildman–Crippen MR) is 79.2 cm³/mol. The summed E-state index contributed by atoms with van der Waals surface area (Å²) in [6, 6.07) is 4.12. The van der Waals surface area contributed by atoms with Crippen LogP contribution in [0.5, 0.6) is 0 Å². The highest BCUT2D eigenvalue weighted by Crippen LogP contribution is 2.24. The van der Waals surface area contributed by atoms with E-state index in [0.717, 1.165) is 10.2 Å². The molecule has 0 aliphatic carbocycles. The Morgan fingerprint density at radius 1 is 1.28 bits per heavy atom. The van der Waals surface area contributed by atoms with Crippen LogP contribution in [0, 0.1) is 13.8 Å². The van der Waals surface area contributed by atoms with Gasteiger partial charge in [0.15, 0.2) is 0 Å². The Balaban J connectivity index is 2.53. The van der Waals surface area contributed by atoms with Gasteiger partial charge in [-0.1, -0.05) is 15.9 Å². The SMILES string of the molecule is Cc1cc(Br)cc(C)c1NCC(O)COC(C)C. The van der Waals surface area contributed by atoms with Crippen molar-refractivity contribution in [1.29, 1.82) is 0 Å². The highest BCUT2D eigenvalue weighted by atomic mass is 79.9. The number of benzene rings is 1. The molecule has 18 heavy (non-hydrogen) atoms. The Morgan fingerprint density at radius 2 is 1.83 bits per heavy atom. The van der Waals surface area contributed by atoms with E-state index in [1.54, 1.807) is 0 Å². The molecule has 0 saturated heterocycles. The molecule has 0 aromatic heterocycles. The van der Waals surface area contributed by atoms with Crippen molar-refractivity contribution in [2.45, 2.75) is 39.9 Å². The molecule has 4 heteroatoms. The molecule has 0 radical (unpaired) electrons. The minimum atomic E-state index is -0.491. The Hall–Kier alpha value is -0.580. The molecule has 0 fully saturated rings. The summed E-state index contributed by atoms with van der Waals surface area (Å²) in [6.45, 7) is 8.88. The largest absolute Gasteiger partial charge is 0.389 e. The van der Waals surface area contributed by atoms with E-state index in [4.69, 9.17) is 4.74 Å². The first-order chi connectivity index (χ1) is 8.40. The first kappa shape index (κ1) is 15.5. The van der Waals surface area contributed by atoms with E-state index in [1.807, 2.05) is 13.8 Å². The quantitative estimate of drug-likeness (QED) is 0.846. The van der Waals surface area contributed by atoms with E-state index in [0.29, 0.717) is 13.2 Å². The van der Waals surface area contributed by atoms with Crippen molar-refractivity contribution in [3.8, 4) is 0 Å². The molecule has 0 amide bonds. The fourth-order valence-electron chi connectivity index (χ4n) is 1.77. The van der Waals surface area contributed by atoms with Crippen LogP contribution in [0.15, 0.2) is 16.6 Å². The zero-order chi connectivity index (χ0) is 13.7. The Kier molecular flexibility index (Phi) is 6.12. The van der Waals surface area contributed by atoms with Gasteiger partial charge in [0.1, 0.15) is 0 Å². The fraction of sp³-hybridized carbons (Fsp3) is 0.571. The van der Waals surface area contributed by atoms with Crippen LogP contribution in [0.3, 0.4) is 0 Å². The van der Waals surface area contributed by atoms with Gasteiger partial charge in [-0.05, 0) is 51.0 Å². The highest BCUT2D eigenvalue weighted by Gasteiger charge is 2.08. The minimum absolute atomic E-state index is 0.149. The number of aliphatic hydroxyl groups is 1. The first-order valence-corrected chi connectivity index (χ1v) is 6.99. The molecule has 1 rings (SSSR count). The number of aliphatic hydroxyl groups excluding tert-OH is 1. The second-order valence-corrected chi connectivity index (χ2v) is 5.75. The topological polar surface area (TPSA) is 41.5 Å². The van der Waals surface area contributed by atoms with Crippen molar-refractivity contribution < 1.29 is 9.84 Å². The number of nitrogens with one attached hydrogen (secondary N) is 1. The third-order valence-electron chi connectivity index (χ3n) is 2.63. The van der Waals surface area contributed by atoms with Gasteiger partial charge in [0.2, 0.25) is 0 Å². The lowest BCUT2D eigenvalue weighted by Crippen LogP contribution is -2.26. The molecule has 0 bridgehead atoms. The number of anilines is 1. The molecule has 102 valence electrons. The molecule has 0 aliphatic heterocycles. The molecule has 1 aromatic rings. The summed E-state index contributed by atoms with van der Waals surface area (Å²) in [5.74, 6) is 0. The fourth-order valence-corrected chi connectivity index (χ4v) is 2.46. The molecule has 3 nitrogen and oxygen atoms in total. The minimum Gasteiger partial charge on any atom is -0.389 e.